The summed E-state index contributed by atoms with van der Waals surface area (Å²) in [5, 5.41) is 13.2. The van der Waals surface area contributed by atoms with E-state index in [1.54, 1.807) is 44.3 Å². The number of fused-ring (bicyclic) bond motifs is 1. The van der Waals surface area contributed by atoms with Crippen LogP contribution in [0, 0.1) is 0 Å². The molecule has 1 aromatic heterocycles. The third kappa shape index (κ3) is 6.27. The van der Waals surface area contributed by atoms with Gasteiger partial charge < -0.3 is 25.6 Å². The zero-order valence-electron chi connectivity index (χ0n) is 21.3. The predicted octanol–water partition coefficient (Wildman–Crippen LogP) is 4.68. The molecule has 200 valence electrons. The van der Waals surface area contributed by atoms with Crippen LogP contribution in [-0.4, -0.2) is 47.5 Å². The number of benzene rings is 2. The van der Waals surface area contributed by atoms with E-state index in [1.807, 2.05) is 19.1 Å². The molecule has 1 atom stereocenters. The topological polar surface area (TPSA) is 111 Å². The fourth-order valence-electron chi connectivity index (χ4n) is 4.01. The van der Waals surface area contributed by atoms with Gasteiger partial charge in [-0.05, 0) is 74.9 Å². The summed E-state index contributed by atoms with van der Waals surface area (Å²) < 4.78 is 36.9. The quantitative estimate of drug-likeness (QED) is 0.277. The van der Waals surface area contributed by atoms with Crippen molar-refractivity contribution in [1.82, 2.24) is 4.57 Å². The van der Waals surface area contributed by atoms with Crippen molar-refractivity contribution in [3.63, 3.8) is 0 Å². The maximum atomic E-state index is 13.9. The molecule has 2 aromatic carbocycles. The van der Waals surface area contributed by atoms with Gasteiger partial charge in [-0.15, -0.1) is 0 Å². The molecule has 0 fully saturated rings. The Balaban J connectivity index is 1.83. The summed E-state index contributed by atoms with van der Waals surface area (Å²) in [6.45, 7) is 2.87. The van der Waals surface area contributed by atoms with E-state index in [2.05, 4.69) is 15.0 Å². The first-order valence-electron chi connectivity index (χ1n) is 12.1. The van der Waals surface area contributed by atoms with Crippen LogP contribution in [0.4, 0.5) is 20.3 Å². The standard InChI is InChI=1S/C28H30F2N4O4/c1-4-37-24-12-6-18-14-22(17-5-11-23(31)19(13-17)15-32-16-28(2,3)36)26(35)34(25(18)33-24)20-7-9-21(10-8-20)38-27(29)30/h5-15,24,27,33,36H,4,16,31H2,1-3H3. The summed E-state index contributed by atoms with van der Waals surface area (Å²) in [7, 11) is 0. The number of nitrogens with two attached hydrogens (primary N) is 1. The lowest BCUT2D eigenvalue weighted by Crippen LogP contribution is -2.31. The zero-order valence-corrected chi connectivity index (χ0v) is 21.3. The molecule has 3 aromatic rings. The molecule has 0 saturated heterocycles. The molecule has 2 heterocycles. The molecule has 38 heavy (non-hydrogen) atoms. The normalized spacial score (nSPS) is 15.1. The lowest BCUT2D eigenvalue weighted by molar-refractivity contribution is -0.0498. The number of aliphatic hydroxyl groups is 1. The summed E-state index contributed by atoms with van der Waals surface area (Å²) in [4.78, 5) is 18.2. The Hall–Kier alpha value is -4.02. The van der Waals surface area contributed by atoms with Crippen molar-refractivity contribution in [3.8, 4) is 22.6 Å². The van der Waals surface area contributed by atoms with E-state index >= 15 is 0 Å². The van der Waals surface area contributed by atoms with Crippen LogP contribution in [0.1, 0.15) is 31.9 Å². The summed E-state index contributed by atoms with van der Waals surface area (Å²) in [6, 6.07) is 12.8. The average Bonchev–Trinajstić information content (AvgIpc) is 2.85. The van der Waals surface area contributed by atoms with Crippen molar-refractivity contribution >= 4 is 23.8 Å². The van der Waals surface area contributed by atoms with Crippen LogP contribution in [0.25, 0.3) is 22.9 Å². The van der Waals surface area contributed by atoms with Gasteiger partial charge in [0.05, 0.1) is 17.8 Å². The highest BCUT2D eigenvalue weighted by Crippen LogP contribution is 2.31. The van der Waals surface area contributed by atoms with Gasteiger partial charge in [0.1, 0.15) is 17.8 Å². The van der Waals surface area contributed by atoms with Gasteiger partial charge in [-0.2, -0.15) is 8.78 Å². The van der Waals surface area contributed by atoms with Crippen LogP contribution in [-0.2, 0) is 4.74 Å². The lowest BCUT2D eigenvalue weighted by Gasteiger charge is -2.26. The molecule has 0 bridgehead atoms. The Morgan fingerprint density at radius 1 is 1.21 bits per heavy atom. The summed E-state index contributed by atoms with van der Waals surface area (Å²) in [5.41, 5.74) is 8.11. The Kier molecular flexibility index (Phi) is 7.94. The highest BCUT2D eigenvalue weighted by molar-refractivity contribution is 5.90. The highest BCUT2D eigenvalue weighted by atomic mass is 19.3. The van der Waals surface area contributed by atoms with Crippen molar-refractivity contribution in [2.24, 2.45) is 4.99 Å². The first-order valence-corrected chi connectivity index (χ1v) is 12.1. The molecule has 1 aliphatic rings. The van der Waals surface area contributed by atoms with E-state index in [0.29, 0.717) is 40.5 Å². The van der Waals surface area contributed by atoms with Gasteiger partial charge in [-0.1, -0.05) is 12.1 Å². The smallest absolute Gasteiger partial charge is 0.387 e. The molecule has 4 rings (SSSR count). The number of aliphatic imine (C=N–C) groups is 1. The molecule has 1 aliphatic heterocycles. The summed E-state index contributed by atoms with van der Waals surface area (Å²) >= 11 is 0. The summed E-state index contributed by atoms with van der Waals surface area (Å²) in [6.07, 6.45) is 4.84. The number of hydrogen-bond donors (Lipinski definition) is 3. The number of nitrogen functional groups attached to an aromatic ring is 1. The molecule has 0 amide bonds. The van der Waals surface area contributed by atoms with Crippen LogP contribution in [0.5, 0.6) is 5.75 Å². The second-order valence-corrected chi connectivity index (χ2v) is 9.38. The minimum Gasteiger partial charge on any atom is -0.435 e. The highest BCUT2D eigenvalue weighted by Gasteiger charge is 2.22. The third-order valence-electron chi connectivity index (χ3n) is 5.73. The van der Waals surface area contributed by atoms with Gasteiger partial charge in [-0.25, -0.2) is 0 Å². The Morgan fingerprint density at radius 3 is 2.61 bits per heavy atom. The molecule has 0 radical (unpaired) electrons. The first kappa shape index (κ1) is 27.0. The van der Waals surface area contributed by atoms with Crippen LogP contribution in [0.2, 0.25) is 0 Å². The fourth-order valence-corrected chi connectivity index (χ4v) is 4.01. The van der Waals surface area contributed by atoms with Crippen molar-refractivity contribution in [3.05, 3.63) is 76.1 Å². The largest absolute Gasteiger partial charge is 0.435 e. The Morgan fingerprint density at radius 2 is 1.95 bits per heavy atom. The number of pyridine rings is 1. The predicted molar refractivity (Wildman–Crippen MR) is 145 cm³/mol. The molecule has 8 nitrogen and oxygen atoms in total. The Labute approximate surface area is 219 Å². The van der Waals surface area contributed by atoms with Gasteiger partial charge in [0, 0.05) is 35.2 Å². The van der Waals surface area contributed by atoms with Gasteiger partial charge in [0.15, 0.2) is 0 Å². The number of nitrogens with zero attached hydrogens (tertiary/aromatic N) is 2. The van der Waals surface area contributed by atoms with Crippen LogP contribution in [0.15, 0.2) is 64.4 Å². The Bertz CT molecular complexity index is 1410. The fraction of sp³-hybridized carbons (Fsp3) is 0.286. The van der Waals surface area contributed by atoms with Gasteiger partial charge in [-0.3, -0.25) is 14.4 Å². The molecule has 0 saturated carbocycles. The average molecular weight is 525 g/mol. The molecular formula is C28H30F2N4O4. The van der Waals surface area contributed by atoms with Crippen molar-refractivity contribution in [2.45, 2.75) is 39.2 Å². The van der Waals surface area contributed by atoms with Crippen molar-refractivity contribution in [1.29, 1.82) is 0 Å². The molecule has 4 N–H and O–H groups in total. The number of halogens is 2. The molecule has 1 unspecified atom stereocenters. The van der Waals surface area contributed by atoms with E-state index < -0.39 is 18.4 Å². The number of alkyl halides is 2. The maximum Gasteiger partial charge on any atom is 0.387 e. The van der Waals surface area contributed by atoms with Crippen LogP contribution < -0.4 is 21.3 Å². The van der Waals surface area contributed by atoms with Gasteiger partial charge >= 0.3 is 6.61 Å². The minimum atomic E-state index is -2.95. The second kappa shape index (κ2) is 11.2. The lowest BCUT2D eigenvalue weighted by atomic mass is 10.00. The number of nitrogens with one attached hydrogen (secondary N) is 1. The molecule has 0 spiro atoms. The van der Waals surface area contributed by atoms with E-state index in [0.717, 1.165) is 5.56 Å². The van der Waals surface area contributed by atoms with Crippen molar-refractivity contribution < 1.29 is 23.4 Å². The molecule has 10 heteroatoms. The SMILES string of the molecule is CCOC1C=Cc2cc(-c3ccc(N)c(C=NCC(C)(C)O)c3)c(=O)n(-c3ccc(OC(F)F)cc3)c2N1. The van der Waals surface area contributed by atoms with E-state index in [-0.39, 0.29) is 17.9 Å². The van der Waals surface area contributed by atoms with Gasteiger partial charge in [0.2, 0.25) is 0 Å². The van der Waals surface area contributed by atoms with Gasteiger partial charge in [0.25, 0.3) is 5.56 Å². The first-order chi connectivity index (χ1) is 18.1. The minimum absolute atomic E-state index is 0.0182. The second-order valence-electron chi connectivity index (χ2n) is 9.38. The zero-order chi connectivity index (χ0) is 27.4. The van der Waals surface area contributed by atoms with E-state index in [1.165, 1.54) is 28.8 Å². The number of hydrogen-bond acceptors (Lipinski definition) is 7. The monoisotopic (exact) mass is 524 g/mol. The number of aromatic nitrogens is 1. The number of anilines is 2. The molecular weight excluding hydrogens is 494 g/mol. The molecule has 0 aliphatic carbocycles. The van der Waals surface area contributed by atoms with Crippen LogP contribution in [0.3, 0.4) is 0 Å². The summed E-state index contributed by atoms with van der Waals surface area (Å²) in [5.74, 6) is 0.486. The maximum absolute atomic E-state index is 13.9. The van der Waals surface area contributed by atoms with E-state index in [9.17, 15) is 18.7 Å². The van der Waals surface area contributed by atoms with Crippen molar-refractivity contribution in [2.75, 3.05) is 24.2 Å². The number of rotatable bonds is 9. The number of ether oxygens (including phenoxy) is 2. The van der Waals surface area contributed by atoms with Crippen LogP contribution >= 0.6 is 0 Å². The third-order valence-corrected chi connectivity index (χ3v) is 5.73. The van der Waals surface area contributed by atoms with E-state index in [4.69, 9.17) is 10.5 Å².